The molecule has 64 valence electrons. The molecule has 12 heavy (non-hydrogen) atoms. The molecule has 0 atom stereocenters. The molecule has 0 saturated heterocycles. The van der Waals surface area contributed by atoms with E-state index in [9.17, 15) is 0 Å². The molecule has 0 amide bonds. The van der Waals surface area contributed by atoms with E-state index < -0.39 is 0 Å². The minimum absolute atomic E-state index is 0.675. The molecular formula is C10H16BN. The van der Waals surface area contributed by atoms with Crippen molar-refractivity contribution in [3.63, 3.8) is 0 Å². The van der Waals surface area contributed by atoms with Crippen LogP contribution in [0.2, 0.25) is 12.6 Å². The summed E-state index contributed by atoms with van der Waals surface area (Å²) in [5.41, 5.74) is 7.96. The molecular weight excluding hydrogens is 145 g/mol. The molecule has 0 heterocycles. The fourth-order valence-corrected chi connectivity index (χ4v) is 1.57. The zero-order valence-electron chi connectivity index (χ0n) is 7.88. The van der Waals surface area contributed by atoms with E-state index in [1.807, 2.05) is 12.1 Å². The first kappa shape index (κ1) is 9.18. The maximum Gasteiger partial charge on any atom is 0.175 e. The highest BCUT2D eigenvalue weighted by Gasteiger charge is 2.10. The Balaban J connectivity index is 2.85. The highest BCUT2D eigenvalue weighted by molar-refractivity contribution is 6.73. The van der Waals surface area contributed by atoms with E-state index in [0.29, 0.717) is 6.71 Å². The molecule has 0 fully saturated rings. The summed E-state index contributed by atoms with van der Waals surface area (Å²) in [6.45, 7) is 5.11. The van der Waals surface area contributed by atoms with Crippen molar-refractivity contribution in [2.24, 2.45) is 0 Å². The van der Waals surface area contributed by atoms with E-state index in [1.165, 1.54) is 18.1 Å². The number of hydrogen-bond acceptors (Lipinski definition) is 1. The van der Waals surface area contributed by atoms with Crippen LogP contribution in [0.5, 0.6) is 0 Å². The smallest absolute Gasteiger partial charge is 0.175 e. The van der Waals surface area contributed by atoms with Gasteiger partial charge in [0.1, 0.15) is 0 Å². The van der Waals surface area contributed by atoms with Crippen LogP contribution < -0.4 is 11.2 Å². The molecule has 2 N–H and O–H groups in total. The standard InChI is InChI=1S/C10H16BN/c1-3-11(4-2)9-6-5-7-10(12)8-9/h5-8H,3-4,12H2,1-2H3. The van der Waals surface area contributed by atoms with Gasteiger partial charge in [0.2, 0.25) is 0 Å². The number of nitrogen functional groups attached to an aromatic ring is 1. The summed E-state index contributed by atoms with van der Waals surface area (Å²) >= 11 is 0. The topological polar surface area (TPSA) is 26.0 Å². The largest absolute Gasteiger partial charge is 0.399 e. The molecule has 0 aliphatic rings. The number of anilines is 1. The van der Waals surface area contributed by atoms with Gasteiger partial charge in [-0.2, -0.15) is 0 Å². The van der Waals surface area contributed by atoms with Crippen molar-refractivity contribution in [3.05, 3.63) is 24.3 Å². The maximum absolute atomic E-state index is 5.71. The van der Waals surface area contributed by atoms with Gasteiger partial charge in [-0.1, -0.05) is 44.1 Å². The van der Waals surface area contributed by atoms with Crippen molar-refractivity contribution in [2.45, 2.75) is 26.5 Å². The number of nitrogens with two attached hydrogens (primary N) is 1. The summed E-state index contributed by atoms with van der Waals surface area (Å²) in [5.74, 6) is 0. The molecule has 0 radical (unpaired) electrons. The molecule has 0 aromatic heterocycles. The SMILES string of the molecule is CCB(CC)c1cccc(N)c1. The lowest BCUT2D eigenvalue weighted by atomic mass is 9.41. The Labute approximate surface area is 75.1 Å². The van der Waals surface area contributed by atoms with Crippen LogP contribution in [0, 0.1) is 0 Å². The summed E-state index contributed by atoms with van der Waals surface area (Å²) < 4.78 is 0. The Morgan fingerprint density at radius 1 is 1.25 bits per heavy atom. The molecule has 0 spiro atoms. The lowest BCUT2D eigenvalue weighted by Gasteiger charge is -2.08. The fraction of sp³-hybridized carbons (Fsp3) is 0.400. The predicted molar refractivity (Wildman–Crippen MR) is 57.2 cm³/mol. The van der Waals surface area contributed by atoms with Gasteiger partial charge in [-0.15, -0.1) is 0 Å². The van der Waals surface area contributed by atoms with Gasteiger partial charge < -0.3 is 5.73 Å². The van der Waals surface area contributed by atoms with Crippen molar-refractivity contribution in [1.29, 1.82) is 0 Å². The van der Waals surface area contributed by atoms with Crippen LogP contribution in [0.25, 0.3) is 0 Å². The Morgan fingerprint density at radius 2 is 1.92 bits per heavy atom. The fourth-order valence-electron chi connectivity index (χ4n) is 1.57. The zero-order chi connectivity index (χ0) is 8.97. The van der Waals surface area contributed by atoms with E-state index in [1.54, 1.807) is 0 Å². The predicted octanol–water partition coefficient (Wildman–Crippen LogP) is 2.01. The number of rotatable bonds is 3. The first-order valence-electron chi connectivity index (χ1n) is 4.63. The summed E-state index contributed by atoms with van der Waals surface area (Å²) in [7, 11) is 0. The van der Waals surface area contributed by atoms with Gasteiger partial charge in [0, 0.05) is 5.69 Å². The monoisotopic (exact) mass is 161 g/mol. The highest BCUT2D eigenvalue weighted by Crippen LogP contribution is 2.03. The Hall–Kier alpha value is -0.915. The third-order valence-corrected chi connectivity index (χ3v) is 2.37. The summed E-state index contributed by atoms with van der Waals surface area (Å²) in [4.78, 5) is 0. The number of hydrogen-bond donors (Lipinski definition) is 1. The van der Waals surface area contributed by atoms with Crippen LogP contribution in [-0.2, 0) is 0 Å². The third-order valence-electron chi connectivity index (χ3n) is 2.37. The van der Waals surface area contributed by atoms with Crippen molar-refractivity contribution in [2.75, 3.05) is 5.73 Å². The van der Waals surface area contributed by atoms with E-state index >= 15 is 0 Å². The molecule has 0 aliphatic heterocycles. The van der Waals surface area contributed by atoms with Gasteiger partial charge in [-0.3, -0.25) is 0 Å². The van der Waals surface area contributed by atoms with E-state index in [2.05, 4.69) is 26.0 Å². The normalized spacial score (nSPS) is 9.83. The van der Waals surface area contributed by atoms with Crippen LogP contribution in [0.3, 0.4) is 0 Å². The van der Waals surface area contributed by atoms with Crippen LogP contribution >= 0.6 is 0 Å². The molecule has 0 aliphatic carbocycles. The van der Waals surface area contributed by atoms with Gasteiger partial charge >= 0.3 is 0 Å². The lowest BCUT2D eigenvalue weighted by molar-refractivity contribution is 1.33. The average molecular weight is 161 g/mol. The van der Waals surface area contributed by atoms with Crippen molar-refractivity contribution in [3.8, 4) is 0 Å². The van der Waals surface area contributed by atoms with Gasteiger partial charge in [-0.05, 0) is 12.1 Å². The highest BCUT2D eigenvalue weighted by atomic mass is 14.5. The molecule has 1 nitrogen and oxygen atoms in total. The molecule has 1 rings (SSSR count). The third kappa shape index (κ3) is 2.03. The second kappa shape index (κ2) is 4.20. The van der Waals surface area contributed by atoms with E-state index in [-0.39, 0.29) is 0 Å². The zero-order valence-corrected chi connectivity index (χ0v) is 7.88. The average Bonchev–Trinajstić information content (AvgIpc) is 2.07. The van der Waals surface area contributed by atoms with Crippen LogP contribution in [-0.4, -0.2) is 6.71 Å². The molecule has 1 aromatic rings. The Kier molecular flexibility index (Phi) is 3.21. The van der Waals surface area contributed by atoms with Gasteiger partial charge in [-0.25, -0.2) is 0 Å². The van der Waals surface area contributed by atoms with Crippen LogP contribution in [0.15, 0.2) is 24.3 Å². The van der Waals surface area contributed by atoms with Gasteiger partial charge in [0.25, 0.3) is 0 Å². The quantitative estimate of drug-likeness (QED) is 0.532. The van der Waals surface area contributed by atoms with Crippen LogP contribution in [0.1, 0.15) is 13.8 Å². The van der Waals surface area contributed by atoms with Gasteiger partial charge in [0.05, 0.1) is 0 Å². The summed E-state index contributed by atoms with van der Waals surface area (Å²) in [6, 6.07) is 8.21. The summed E-state index contributed by atoms with van der Waals surface area (Å²) in [5, 5.41) is 0. The molecule has 1 aromatic carbocycles. The minimum Gasteiger partial charge on any atom is -0.399 e. The minimum atomic E-state index is 0.675. The second-order valence-corrected chi connectivity index (χ2v) is 3.18. The van der Waals surface area contributed by atoms with Gasteiger partial charge in [0.15, 0.2) is 6.71 Å². The lowest BCUT2D eigenvalue weighted by Crippen LogP contribution is -2.28. The molecule has 0 unspecified atom stereocenters. The first-order valence-corrected chi connectivity index (χ1v) is 4.63. The molecule has 0 bridgehead atoms. The first-order chi connectivity index (χ1) is 5.77. The second-order valence-electron chi connectivity index (χ2n) is 3.18. The maximum atomic E-state index is 5.71. The Morgan fingerprint density at radius 3 is 2.42 bits per heavy atom. The van der Waals surface area contributed by atoms with E-state index in [0.717, 1.165) is 5.69 Å². The van der Waals surface area contributed by atoms with Crippen LogP contribution in [0.4, 0.5) is 5.69 Å². The number of benzene rings is 1. The van der Waals surface area contributed by atoms with Crippen molar-refractivity contribution in [1.82, 2.24) is 0 Å². The molecule has 2 heteroatoms. The molecule has 0 saturated carbocycles. The Bertz CT molecular complexity index is 243. The van der Waals surface area contributed by atoms with E-state index in [4.69, 9.17) is 5.73 Å². The van der Waals surface area contributed by atoms with Crippen molar-refractivity contribution < 1.29 is 0 Å². The van der Waals surface area contributed by atoms with Crippen molar-refractivity contribution >= 4 is 17.9 Å². The summed E-state index contributed by atoms with van der Waals surface area (Å²) in [6.07, 6.45) is 2.39.